The highest BCUT2D eigenvalue weighted by molar-refractivity contribution is 5.99. The quantitative estimate of drug-likeness (QED) is 0.334. The molecule has 3 nitrogen and oxygen atoms in total. The Morgan fingerprint density at radius 1 is 1.82 bits per heavy atom. The summed E-state index contributed by atoms with van der Waals surface area (Å²) >= 11 is 0. The van der Waals surface area contributed by atoms with Crippen LogP contribution in [0, 0.1) is 5.92 Å². The van der Waals surface area contributed by atoms with E-state index in [4.69, 9.17) is 4.74 Å². The largest absolute Gasteiger partial charge is 0.458 e. The first-order valence-electron chi connectivity index (χ1n) is 3.48. The van der Waals surface area contributed by atoms with E-state index in [0.29, 0.717) is 6.42 Å². The number of hydrogen-bond donors (Lipinski definition) is 0. The molecule has 0 spiro atoms. The number of carbonyl (C=O) groups is 2. The lowest BCUT2D eigenvalue weighted by Gasteiger charge is -1.97. The van der Waals surface area contributed by atoms with Crippen molar-refractivity contribution >= 4 is 11.8 Å². The van der Waals surface area contributed by atoms with E-state index in [-0.39, 0.29) is 11.9 Å². The predicted octanol–water partition coefficient (Wildman–Crippen LogP) is 0.693. The van der Waals surface area contributed by atoms with Crippen LogP contribution in [0.4, 0.5) is 0 Å². The average Bonchev–Trinajstić information content (AvgIpc) is 2.30. The molecule has 0 N–H and O–H groups in total. The maximum atomic E-state index is 10.9. The van der Waals surface area contributed by atoms with E-state index in [1.165, 1.54) is 6.92 Å². The summed E-state index contributed by atoms with van der Waals surface area (Å²) in [5.41, 5.74) is 0. The van der Waals surface area contributed by atoms with E-state index in [1.807, 2.05) is 0 Å². The van der Waals surface area contributed by atoms with Gasteiger partial charge in [-0.1, -0.05) is 12.7 Å². The first-order chi connectivity index (χ1) is 5.15. The molecule has 0 bridgehead atoms. The van der Waals surface area contributed by atoms with Crippen LogP contribution >= 0.6 is 0 Å². The highest BCUT2D eigenvalue weighted by atomic mass is 16.5. The van der Waals surface area contributed by atoms with E-state index in [9.17, 15) is 9.59 Å². The molecule has 1 heterocycles. The zero-order valence-electron chi connectivity index (χ0n) is 6.37. The third-order valence-corrected chi connectivity index (χ3v) is 1.77. The molecular formula is C8H10O3. The molecule has 1 aliphatic heterocycles. The lowest BCUT2D eigenvalue weighted by Crippen LogP contribution is -2.15. The van der Waals surface area contributed by atoms with Crippen LogP contribution in [-0.4, -0.2) is 17.9 Å². The fourth-order valence-corrected chi connectivity index (χ4v) is 1.08. The van der Waals surface area contributed by atoms with Crippen molar-refractivity contribution in [1.29, 1.82) is 0 Å². The number of esters is 1. The van der Waals surface area contributed by atoms with Crippen LogP contribution in [0.2, 0.25) is 0 Å². The molecule has 2 unspecified atom stereocenters. The molecule has 1 aliphatic rings. The molecule has 2 atom stereocenters. The molecule has 1 saturated heterocycles. The smallest absolute Gasteiger partial charge is 0.317 e. The SMILES string of the molecule is C=CC1CC(C(C)=O)C(=O)O1. The first-order valence-corrected chi connectivity index (χ1v) is 3.48. The fourth-order valence-electron chi connectivity index (χ4n) is 1.08. The van der Waals surface area contributed by atoms with Gasteiger partial charge in [0.15, 0.2) is 0 Å². The Bertz CT molecular complexity index is 207. The number of carbonyl (C=O) groups excluding carboxylic acids is 2. The highest BCUT2D eigenvalue weighted by Gasteiger charge is 2.35. The van der Waals surface area contributed by atoms with Gasteiger partial charge in [0.1, 0.15) is 17.8 Å². The molecule has 0 aromatic rings. The Labute approximate surface area is 65.0 Å². The summed E-state index contributed by atoms with van der Waals surface area (Å²) < 4.78 is 4.81. The van der Waals surface area contributed by atoms with Gasteiger partial charge >= 0.3 is 5.97 Å². The Hall–Kier alpha value is -1.12. The van der Waals surface area contributed by atoms with Crippen molar-refractivity contribution in [3.63, 3.8) is 0 Å². The lowest BCUT2D eigenvalue weighted by molar-refractivity contribution is -0.145. The summed E-state index contributed by atoms with van der Waals surface area (Å²) in [5.74, 6) is -1.10. The third kappa shape index (κ3) is 1.48. The molecule has 0 aromatic carbocycles. The van der Waals surface area contributed by atoms with Gasteiger partial charge in [0.2, 0.25) is 0 Å². The number of rotatable bonds is 2. The van der Waals surface area contributed by atoms with Crippen molar-refractivity contribution in [1.82, 2.24) is 0 Å². The summed E-state index contributed by atoms with van der Waals surface area (Å²) in [6.45, 7) is 4.88. The minimum atomic E-state index is -0.557. The minimum Gasteiger partial charge on any atom is -0.458 e. The molecule has 0 saturated carbocycles. The van der Waals surface area contributed by atoms with Gasteiger partial charge in [0.05, 0.1) is 0 Å². The Morgan fingerprint density at radius 2 is 2.45 bits per heavy atom. The average molecular weight is 154 g/mol. The standard InChI is InChI=1S/C8H10O3/c1-3-6-4-7(5(2)9)8(10)11-6/h3,6-7H,1,4H2,2H3. The van der Waals surface area contributed by atoms with E-state index in [1.54, 1.807) is 6.08 Å². The second-order valence-corrected chi connectivity index (χ2v) is 2.61. The van der Waals surface area contributed by atoms with Crippen LogP contribution in [-0.2, 0) is 14.3 Å². The van der Waals surface area contributed by atoms with Crippen LogP contribution in [0.1, 0.15) is 13.3 Å². The number of ether oxygens (including phenoxy) is 1. The third-order valence-electron chi connectivity index (χ3n) is 1.77. The molecule has 1 fully saturated rings. The molecule has 60 valence electrons. The summed E-state index contributed by atoms with van der Waals surface area (Å²) in [4.78, 5) is 21.7. The number of Topliss-reactive ketones (excluding diaryl/α,β-unsaturated/α-hetero) is 1. The van der Waals surface area contributed by atoms with Gasteiger partial charge in [-0.3, -0.25) is 9.59 Å². The van der Waals surface area contributed by atoms with Gasteiger partial charge in [-0.25, -0.2) is 0 Å². The van der Waals surface area contributed by atoms with Crippen LogP contribution in [0.15, 0.2) is 12.7 Å². The fraction of sp³-hybridized carbons (Fsp3) is 0.500. The first kappa shape index (κ1) is 7.98. The normalized spacial score (nSPS) is 29.7. The number of hydrogen-bond acceptors (Lipinski definition) is 3. The molecule has 0 aromatic heterocycles. The molecular weight excluding hydrogens is 144 g/mol. The maximum Gasteiger partial charge on any atom is 0.317 e. The van der Waals surface area contributed by atoms with Crippen molar-refractivity contribution in [2.45, 2.75) is 19.4 Å². The molecule has 0 aliphatic carbocycles. The zero-order chi connectivity index (χ0) is 8.43. The van der Waals surface area contributed by atoms with Gasteiger partial charge in [0, 0.05) is 6.42 Å². The van der Waals surface area contributed by atoms with Gasteiger partial charge in [-0.15, -0.1) is 0 Å². The van der Waals surface area contributed by atoms with E-state index < -0.39 is 11.9 Å². The monoisotopic (exact) mass is 154 g/mol. The van der Waals surface area contributed by atoms with E-state index in [2.05, 4.69) is 6.58 Å². The van der Waals surface area contributed by atoms with Crippen molar-refractivity contribution in [3.8, 4) is 0 Å². The topological polar surface area (TPSA) is 43.4 Å². The van der Waals surface area contributed by atoms with Crippen molar-refractivity contribution in [2.75, 3.05) is 0 Å². The minimum absolute atomic E-state index is 0.126. The van der Waals surface area contributed by atoms with E-state index in [0.717, 1.165) is 0 Å². The van der Waals surface area contributed by atoms with E-state index >= 15 is 0 Å². The highest BCUT2D eigenvalue weighted by Crippen LogP contribution is 2.22. The molecule has 0 amide bonds. The van der Waals surface area contributed by atoms with Gasteiger partial charge in [-0.2, -0.15) is 0 Å². The van der Waals surface area contributed by atoms with Gasteiger partial charge in [-0.05, 0) is 6.92 Å². The lowest BCUT2D eigenvalue weighted by atomic mass is 10.0. The van der Waals surface area contributed by atoms with Crippen LogP contribution in [0.3, 0.4) is 0 Å². The molecule has 11 heavy (non-hydrogen) atoms. The van der Waals surface area contributed by atoms with Crippen molar-refractivity contribution < 1.29 is 14.3 Å². The molecule has 0 radical (unpaired) electrons. The van der Waals surface area contributed by atoms with Gasteiger partial charge < -0.3 is 4.74 Å². The van der Waals surface area contributed by atoms with Crippen LogP contribution in [0.5, 0.6) is 0 Å². The van der Waals surface area contributed by atoms with Crippen molar-refractivity contribution in [2.24, 2.45) is 5.92 Å². The van der Waals surface area contributed by atoms with Gasteiger partial charge in [0.25, 0.3) is 0 Å². The second-order valence-electron chi connectivity index (χ2n) is 2.61. The summed E-state index contributed by atoms with van der Waals surface area (Å²) in [5, 5.41) is 0. The molecule has 1 rings (SSSR count). The predicted molar refractivity (Wildman–Crippen MR) is 38.9 cm³/mol. The summed E-state index contributed by atoms with van der Waals surface area (Å²) in [6, 6.07) is 0. The number of ketones is 1. The summed E-state index contributed by atoms with van der Waals surface area (Å²) in [7, 11) is 0. The zero-order valence-corrected chi connectivity index (χ0v) is 6.37. The Balaban J connectivity index is 2.65. The van der Waals surface area contributed by atoms with Crippen LogP contribution in [0.25, 0.3) is 0 Å². The Morgan fingerprint density at radius 3 is 2.73 bits per heavy atom. The number of cyclic esters (lactones) is 1. The van der Waals surface area contributed by atoms with Crippen LogP contribution < -0.4 is 0 Å². The van der Waals surface area contributed by atoms with Crippen molar-refractivity contribution in [3.05, 3.63) is 12.7 Å². The summed E-state index contributed by atoms with van der Waals surface area (Å²) in [6.07, 6.45) is 1.73. The maximum absolute atomic E-state index is 10.9. The molecule has 3 heteroatoms. The Kier molecular flexibility index (Phi) is 2.08. The second kappa shape index (κ2) is 2.86.